The van der Waals surface area contributed by atoms with Crippen LogP contribution in [0.25, 0.3) is 11.5 Å². The lowest BCUT2D eigenvalue weighted by atomic mass is 9.88. The number of ether oxygens (including phenoxy) is 2. The van der Waals surface area contributed by atoms with Gasteiger partial charge in [-0.25, -0.2) is 9.48 Å². The van der Waals surface area contributed by atoms with Gasteiger partial charge in [-0.3, -0.25) is 4.90 Å². The number of hydrogen-bond acceptors (Lipinski definition) is 8. The molecule has 0 aliphatic carbocycles. The van der Waals surface area contributed by atoms with Gasteiger partial charge in [0.05, 0.1) is 12.1 Å². The van der Waals surface area contributed by atoms with Crippen LogP contribution in [-0.2, 0) is 4.74 Å². The summed E-state index contributed by atoms with van der Waals surface area (Å²) in [5.41, 5.74) is -0.529. The summed E-state index contributed by atoms with van der Waals surface area (Å²) in [7, 11) is 0. The molecule has 3 aromatic heterocycles. The quantitative estimate of drug-likeness (QED) is 0.595. The second kappa shape index (κ2) is 7.79. The van der Waals surface area contributed by atoms with Crippen molar-refractivity contribution >= 4 is 17.7 Å². The lowest BCUT2D eigenvalue weighted by Crippen LogP contribution is -2.70. The number of hydrogen-bond donors (Lipinski definition) is 1. The zero-order chi connectivity index (χ0) is 24.3. The normalized spacial score (nSPS) is 20.4. The van der Waals surface area contributed by atoms with Gasteiger partial charge in [0.2, 0.25) is 11.6 Å². The number of nitrogens with zero attached hydrogens (tertiary/aromatic N) is 7. The van der Waals surface area contributed by atoms with Crippen LogP contribution in [0, 0.1) is 0 Å². The van der Waals surface area contributed by atoms with Gasteiger partial charge in [-0.2, -0.15) is 23.4 Å². The van der Waals surface area contributed by atoms with E-state index in [4.69, 9.17) is 14.6 Å². The summed E-state index contributed by atoms with van der Waals surface area (Å²) in [6.45, 7) is 4.95. The number of alkyl halides is 2. The van der Waals surface area contributed by atoms with Gasteiger partial charge in [0.15, 0.2) is 11.6 Å². The van der Waals surface area contributed by atoms with Crippen molar-refractivity contribution in [3.63, 3.8) is 0 Å². The average molecular weight is 477 g/mol. The summed E-state index contributed by atoms with van der Waals surface area (Å²) in [4.78, 5) is 20.7. The molecule has 0 saturated carbocycles. The fraction of sp³-hybridized carbons (Fsp3) is 0.524. The number of fused-ring (bicyclic) bond motifs is 3. The summed E-state index contributed by atoms with van der Waals surface area (Å²) in [5.74, 6) is 0.553. The number of anilines is 1. The molecule has 3 saturated heterocycles. The van der Waals surface area contributed by atoms with Crippen molar-refractivity contribution < 1.29 is 28.2 Å². The highest BCUT2D eigenvalue weighted by Gasteiger charge is 2.49. The molecule has 2 bridgehead atoms. The molecule has 3 fully saturated rings. The Labute approximate surface area is 193 Å². The van der Waals surface area contributed by atoms with Crippen LogP contribution in [-0.4, -0.2) is 84.0 Å². The molecule has 6 heterocycles. The molecule has 11 nitrogen and oxygen atoms in total. The number of piperidine rings is 1. The monoisotopic (exact) mass is 477 g/mol. The van der Waals surface area contributed by atoms with Crippen LogP contribution in [0.5, 0.6) is 5.75 Å². The van der Waals surface area contributed by atoms with Crippen molar-refractivity contribution in [1.29, 1.82) is 0 Å². The van der Waals surface area contributed by atoms with Crippen LogP contribution in [0.4, 0.5) is 19.5 Å². The van der Waals surface area contributed by atoms with Crippen molar-refractivity contribution in [1.82, 2.24) is 29.3 Å². The molecule has 1 N–H and O–H groups in total. The molecule has 0 radical (unpaired) electrons. The number of halogens is 2. The summed E-state index contributed by atoms with van der Waals surface area (Å²) >= 11 is 0. The molecular formula is C21H25F2N7O4. The fourth-order valence-corrected chi connectivity index (χ4v) is 4.29. The maximum atomic E-state index is 13.8. The van der Waals surface area contributed by atoms with E-state index in [0.717, 1.165) is 6.42 Å². The van der Waals surface area contributed by atoms with E-state index >= 15 is 0 Å². The van der Waals surface area contributed by atoms with E-state index in [1.165, 1.54) is 21.3 Å². The maximum absolute atomic E-state index is 13.8. The number of carbonyl (C=O) groups excluding carboxylic acids is 1. The Kier molecular flexibility index (Phi) is 5.11. The van der Waals surface area contributed by atoms with Gasteiger partial charge in [-0.15, -0.1) is 5.10 Å². The minimum atomic E-state index is -3.78. The molecule has 3 aromatic rings. The fourth-order valence-electron chi connectivity index (χ4n) is 4.29. The maximum Gasteiger partial charge on any atom is 0.421 e. The third-order valence-electron chi connectivity index (χ3n) is 5.68. The highest BCUT2D eigenvalue weighted by Crippen LogP contribution is 2.36. The van der Waals surface area contributed by atoms with E-state index in [0.29, 0.717) is 24.9 Å². The smallest absolute Gasteiger partial charge is 0.421 e. The Balaban J connectivity index is 1.45. The van der Waals surface area contributed by atoms with Crippen LogP contribution in [0.1, 0.15) is 27.2 Å². The van der Waals surface area contributed by atoms with Crippen LogP contribution >= 0.6 is 0 Å². The van der Waals surface area contributed by atoms with Gasteiger partial charge in [0.1, 0.15) is 12.2 Å². The van der Waals surface area contributed by atoms with Crippen LogP contribution in [0.2, 0.25) is 0 Å². The van der Waals surface area contributed by atoms with Gasteiger partial charge in [0, 0.05) is 25.5 Å². The molecule has 0 spiro atoms. The third kappa shape index (κ3) is 4.00. The minimum absolute atomic E-state index is 0.0550. The molecule has 13 heteroatoms. The Hall–Kier alpha value is -3.48. The first-order chi connectivity index (χ1) is 16.0. The average Bonchev–Trinajstić information content (AvgIpc) is 3.43. The number of aliphatic hydroxyl groups is 1. The molecule has 0 aromatic carbocycles. The van der Waals surface area contributed by atoms with Gasteiger partial charge >= 0.3 is 12.2 Å². The van der Waals surface area contributed by atoms with E-state index in [2.05, 4.69) is 15.2 Å². The van der Waals surface area contributed by atoms with Gasteiger partial charge < -0.3 is 19.5 Å². The van der Waals surface area contributed by atoms with E-state index in [-0.39, 0.29) is 29.6 Å². The van der Waals surface area contributed by atoms with Crippen molar-refractivity contribution in [3.05, 3.63) is 30.6 Å². The number of aliphatic hydroxyl groups excluding tert-OH is 1. The highest BCUT2D eigenvalue weighted by atomic mass is 19.3. The predicted molar refractivity (Wildman–Crippen MR) is 115 cm³/mol. The summed E-state index contributed by atoms with van der Waals surface area (Å²) in [6.07, 6.45) is -0.0102. The Morgan fingerprint density at radius 1 is 1.24 bits per heavy atom. The number of piperazine rings is 1. The second-order valence-electron chi connectivity index (χ2n) is 9.39. The molecule has 3 aliphatic rings. The van der Waals surface area contributed by atoms with Crippen LogP contribution in [0.15, 0.2) is 30.6 Å². The molecule has 1 amide bonds. The van der Waals surface area contributed by atoms with Crippen molar-refractivity contribution in [2.24, 2.45) is 0 Å². The summed E-state index contributed by atoms with van der Waals surface area (Å²) in [6, 6.07) is 4.48. The first kappa shape index (κ1) is 22.3. The van der Waals surface area contributed by atoms with Gasteiger partial charge in [0.25, 0.3) is 0 Å². The largest absolute Gasteiger partial charge is 0.444 e. The number of amides is 1. The number of carbonyl (C=O) groups is 1. The summed E-state index contributed by atoms with van der Waals surface area (Å²) in [5, 5.41) is 17.7. The van der Waals surface area contributed by atoms with E-state index < -0.39 is 18.3 Å². The Bertz CT molecular complexity index is 1200. The first-order valence-corrected chi connectivity index (χ1v) is 10.9. The lowest BCUT2D eigenvalue weighted by molar-refractivity contribution is -0.200. The first-order valence-electron chi connectivity index (χ1n) is 10.9. The molecule has 2 unspecified atom stereocenters. The zero-order valence-electron chi connectivity index (χ0n) is 18.9. The SMILES string of the molecule is CC(C)(C)OC(=O)N1C2CC1CN(c1nc3c(OC(F)(F)CO)ccc(-n4cccn4)n3n1)C2. The molecule has 3 aliphatic heterocycles. The summed E-state index contributed by atoms with van der Waals surface area (Å²) < 4.78 is 40.7. The predicted octanol–water partition coefficient (Wildman–Crippen LogP) is 2.08. The van der Waals surface area contributed by atoms with Gasteiger partial charge in [-0.1, -0.05) is 0 Å². The Morgan fingerprint density at radius 3 is 2.59 bits per heavy atom. The number of rotatable bonds is 5. The van der Waals surface area contributed by atoms with Crippen molar-refractivity contribution in [3.8, 4) is 11.6 Å². The van der Waals surface area contributed by atoms with Crippen LogP contribution < -0.4 is 9.64 Å². The number of aromatic nitrogens is 5. The molecule has 182 valence electrons. The van der Waals surface area contributed by atoms with E-state index in [9.17, 15) is 13.6 Å². The van der Waals surface area contributed by atoms with Crippen molar-refractivity contribution in [2.45, 2.75) is 51.0 Å². The molecule has 34 heavy (non-hydrogen) atoms. The van der Waals surface area contributed by atoms with Gasteiger partial charge in [-0.05, 0) is 45.4 Å². The standard InChI is InChI=1S/C21H25F2N7O4/c1-20(2,3)34-19(32)29-13-9-14(29)11-27(10-13)18-25-17-15(33-21(22,23)12-31)5-6-16(30(17)26-18)28-8-4-7-24-28/h4-8,13-14,31H,9-12H2,1-3H3. The van der Waals surface area contributed by atoms with E-state index in [1.54, 1.807) is 23.4 Å². The zero-order valence-corrected chi connectivity index (χ0v) is 18.9. The Morgan fingerprint density at radius 2 is 1.97 bits per heavy atom. The highest BCUT2D eigenvalue weighted by molar-refractivity contribution is 5.71. The molecular weight excluding hydrogens is 452 g/mol. The lowest BCUT2D eigenvalue weighted by Gasteiger charge is -2.55. The van der Waals surface area contributed by atoms with E-state index in [1.807, 2.05) is 25.7 Å². The molecule has 2 atom stereocenters. The number of pyridine rings is 1. The van der Waals surface area contributed by atoms with Crippen molar-refractivity contribution in [2.75, 3.05) is 24.6 Å². The topological polar surface area (TPSA) is 110 Å². The minimum Gasteiger partial charge on any atom is -0.444 e. The van der Waals surface area contributed by atoms with Crippen LogP contribution in [0.3, 0.4) is 0 Å². The third-order valence-corrected chi connectivity index (χ3v) is 5.68. The molecule has 6 rings (SSSR count). The second-order valence-corrected chi connectivity index (χ2v) is 9.39.